The first-order valence-electron chi connectivity index (χ1n) is 47.9. The van der Waals surface area contributed by atoms with E-state index in [2.05, 4.69) is 28.9 Å². The Labute approximate surface area is 828 Å². The van der Waals surface area contributed by atoms with Gasteiger partial charge in [-0.15, -0.1) is 0 Å². The van der Waals surface area contributed by atoms with Crippen LogP contribution in [0.5, 0.6) is 0 Å². The Bertz CT molecular complexity index is 5790. The molecule has 26 heteroatoms. The number of nitrogens with zero attached hydrogens (tertiary/aromatic N) is 4. The van der Waals surface area contributed by atoms with Crippen molar-refractivity contribution in [1.29, 1.82) is 0 Å². The molecule has 0 unspecified atom stereocenters. The predicted molar refractivity (Wildman–Crippen MR) is 581 cm³/mol. The summed E-state index contributed by atoms with van der Waals surface area (Å²) >= 11 is 0. The molecule has 756 valence electrons. The van der Waals surface area contributed by atoms with E-state index in [0.717, 1.165) is 33.4 Å². The molecule has 4 N–H and O–H groups in total. The molecule has 0 amide bonds. The third-order valence-electron chi connectivity index (χ3n) is 16.4. The van der Waals surface area contributed by atoms with Crippen molar-refractivity contribution in [2.75, 3.05) is 18.9 Å². The number of carbonyl (C=O) groups is 4. The topological polar surface area (TPSA) is 333 Å². The minimum atomic E-state index is -3.89. The van der Waals surface area contributed by atoms with Crippen LogP contribution in [0, 0.1) is 72.7 Å². The van der Waals surface area contributed by atoms with Gasteiger partial charge in [0, 0.05) is 77.2 Å². The number of aromatic nitrogens is 4. The zero-order chi connectivity index (χ0) is 108. The van der Waals surface area contributed by atoms with Crippen LogP contribution in [-0.4, -0.2) is 66.8 Å². The van der Waals surface area contributed by atoms with Crippen LogP contribution in [0.2, 0.25) is 0 Å². The van der Waals surface area contributed by atoms with Gasteiger partial charge in [-0.25, -0.2) is 33.7 Å². The van der Waals surface area contributed by atoms with Crippen molar-refractivity contribution in [1.82, 2.24) is 9.97 Å². The van der Waals surface area contributed by atoms with Gasteiger partial charge in [0.2, 0.25) is 0 Å². The molecule has 0 saturated heterocycles. The average Bonchev–Trinajstić information content (AvgIpc) is 0.802. The van der Waals surface area contributed by atoms with Crippen LogP contribution in [0.3, 0.4) is 0 Å². The molecular weight excluding hydrogens is 1800 g/mol. The maximum Gasteiger partial charge on any atom is 0.267 e. The second kappa shape index (κ2) is 78.8. The van der Waals surface area contributed by atoms with Crippen molar-refractivity contribution in [2.24, 2.45) is 0 Å². The van der Waals surface area contributed by atoms with Crippen LogP contribution in [0.15, 0.2) is 281 Å². The van der Waals surface area contributed by atoms with Crippen LogP contribution >= 0.6 is 0 Å². The zero-order valence-electron chi connectivity index (χ0n) is 89.5. The molecule has 0 saturated carbocycles. The molecule has 4 aromatic heterocycles. The molecule has 4 heterocycles. The fraction of sp³-hybridized carbons (Fsp3) is 0.351. The van der Waals surface area contributed by atoms with Crippen molar-refractivity contribution in [3.8, 4) is 0 Å². The number of hydrogen-bond donors (Lipinski definition) is 4. The van der Waals surface area contributed by atoms with Crippen molar-refractivity contribution in [3.05, 3.63) is 367 Å². The van der Waals surface area contributed by atoms with Gasteiger partial charge in [0.25, 0.3) is 63.0 Å². The van der Waals surface area contributed by atoms with Gasteiger partial charge in [0.15, 0.2) is 23.5 Å². The molecule has 137 heavy (non-hydrogen) atoms. The van der Waals surface area contributed by atoms with Gasteiger partial charge in [-0.05, 0) is 189 Å². The van der Waals surface area contributed by atoms with Crippen LogP contribution in [0.25, 0.3) is 0 Å². The monoisotopic (exact) mass is 1960 g/mol. The van der Waals surface area contributed by atoms with Gasteiger partial charge in [0.1, 0.15) is 0 Å². The first kappa shape index (κ1) is 138. The molecule has 0 spiro atoms. The maximum atomic E-state index is 13.1. The summed E-state index contributed by atoms with van der Waals surface area (Å²) in [4.78, 5) is 60.3. The Morgan fingerprint density at radius 2 is 0.591 bits per heavy atom. The van der Waals surface area contributed by atoms with E-state index >= 15 is 0 Å². The van der Waals surface area contributed by atoms with Crippen LogP contribution < -0.4 is 28.3 Å². The number of anilines is 4. The average molecular weight is 1960 g/mol. The van der Waals surface area contributed by atoms with Gasteiger partial charge in [-0.1, -0.05) is 326 Å². The lowest BCUT2D eigenvalue weighted by molar-refractivity contribution is -0.614. The highest BCUT2D eigenvalue weighted by Crippen LogP contribution is 2.30. The molecule has 8 aromatic carbocycles. The quantitative estimate of drug-likeness (QED) is 0.0313. The molecule has 0 bridgehead atoms. The van der Waals surface area contributed by atoms with Gasteiger partial charge >= 0.3 is 0 Å². The molecule has 12 rings (SSSR count). The SMILES string of the molecule is CC.CC.CC.CC.CC.CC.CC.CC.CC.CC.CC.CC.CC.CC.CC.Cc1ccc(S(=O)(=O)Nc2ccc(C)cc2C(=O)c2c(C)ccc[n+]2[O-])cc1.Cc1ccc(S(=O)(=O)Nc2ccc(C)cc2C(=O)c2cccc(C)[n+]2[O-])cc1.Cc1ccc(S(=O)(=O)Nc2ccc(C)cc2C(=O)c2cccnc2C)cc1.O=C(c1cccnc1)c1ccccc1NS(=O)(=O)c1ccccc1. The lowest BCUT2D eigenvalue weighted by Crippen LogP contribution is -2.37. The molecule has 0 atom stereocenters. The second-order valence-corrected chi connectivity index (χ2v) is 31.5. The van der Waals surface area contributed by atoms with E-state index in [-0.39, 0.29) is 82.0 Å². The number of pyridine rings is 4. The van der Waals surface area contributed by atoms with E-state index in [1.807, 2.05) is 235 Å². The smallest absolute Gasteiger partial charge is 0.267 e. The van der Waals surface area contributed by atoms with E-state index in [0.29, 0.717) is 43.1 Å². The number of ketones is 4. The fourth-order valence-corrected chi connectivity index (χ4v) is 14.9. The highest BCUT2D eigenvalue weighted by molar-refractivity contribution is 7.93. The molecule has 0 fully saturated rings. The summed E-state index contributed by atoms with van der Waals surface area (Å²) in [6.45, 7) is 76.0. The number of carbonyl (C=O) groups excluding carboxylic acids is 4. The van der Waals surface area contributed by atoms with Gasteiger partial charge in [-0.3, -0.25) is 48.0 Å². The van der Waals surface area contributed by atoms with E-state index in [4.69, 9.17) is 0 Å². The normalized spacial score (nSPS) is 9.39. The summed E-state index contributed by atoms with van der Waals surface area (Å²) in [6.07, 6.45) is 5.88. The van der Waals surface area contributed by atoms with Gasteiger partial charge < -0.3 is 10.4 Å². The van der Waals surface area contributed by atoms with Gasteiger partial charge in [0.05, 0.1) is 53.5 Å². The molecule has 0 aliphatic heterocycles. The number of nitrogens with one attached hydrogen (secondary N) is 4. The van der Waals surface area contributed by atoms with Crippen LogP contribution in [0.4, 0.5) is 22.7 Å². The molecule has 22 nitrogen and oxygen atoms in total. The molecule has 0 aliphatic rings. The fourth-order valence-electron chi connectivity index (χ4n) is 10.6. The Balaban J connectivity index is -0.000000300. The van der Waals surface area contributed by atoms with E-state index in [1.54, 1.807) is 229 Å². The minimum absolute atomic E-state index is 0.0381. The summed E-state index contributed by atoms with van der Waals surface area (Å²) in [5, 5.41) is 24.4. The Kier molecular flexibility index (Phi) is 79.2. The standard InChI is InChI=1S/2C21H20N2O4S.C21H20N2O3S.C18H14N2O3S.15C2H6/c1-14-6-9-17(10-7-14)28(26,27)22-19-11-8-15(2)13-18(19)21(24)20-16(3)5-4-12-23(20)25;1-14-7-10-17(11-8-14)28(26,27)22-19-12-9-15(2)13-18(19)21(24)20-6-4-5-16(3)23(20)25;1-14-6-9-17(10-7-14)27(25,26)23-20-11-8-15(2)13-19(20)21(24)18-5-4-12-22-16(18)3;21-18(14-7-6-12-19-13-14)16-10-4-5-11-17(16)20-24(22,23)15-8-2-1-3-9-15;15*1-2/h2*4-13,22H,1-3H3;4-13,23H,1-3H3;1-13,20H;15*1-2H3. The summed E-state index contributed by atoms with van der Waals surface area (Å²) in [5.74, 6) is -1.66. The number of benzene rings is 8. The number of sulfonamides is 4. The molecular formula is C111H164N8O14S4. The van der Waals surface area contributed by atoms with E-state index < -0.39 is 51.7 Å². The van der Waals surface area contributed by atoms with Crippen molar-refractivity contribution >= 4 is 86.0 Å². The van der Waals surface area contributed by atoms with E-state index in [1.165, 1.54) is 67.0 Å². The minimum Gasteiger partial charge on any atom is -0.618 e. The Morgan fingerprint density at radius 1 is 0.277 bits per heavy atom. The zero-order valence-corrected chi connectivity index (χ0v) is 92.7. The largest absolute Gasteiger partial charge is 0.618 e. The lowest BCUT2D eigenvalue weighted by Gasteiger charge is -2.14. The Morgan fingerprint density at radius 3 is 0.942 bits per heavy atom. The number of para-hydroxylation sites is 1. The van der Waals surface area contributed by atoms with Crippen LogP contribution in [0.1, 0.15) is 322 Å². The second-order valence-electron chi connectivity index (χ2n) is 24.8. The first-order valence-corrected chi connectivity index (χ1v) is 53.8. The van der Waals surface area contributed by atoms with E-state index in [9.17, 15) is 63.3 Å². The third-order valence-corrected chi connectivity index (χ3v) is 21.9. The number of rotatable bonds is 20. The van der Waals surface area contributed by atoms with Crippen molar-refractivity contribution in [2.45, 2.75) is 290 Å². The summed E-state index contributed by atoms with van der Waals surface area (Å²) in [6, 6.07) is 63.0. The number of hydrogen-bond acceptors (Lipinski definition) is 16. The highest BCUT2D eigenvalue weighted by Gasteiger charge is 2.29. The van der Waals surface area contributed by atoms with Crippen LogP contribution in [-0.2, 0) is 40.1 Å². The maximum absolute atomic E-state index is 13.1. The third kappa shape index (κ3) is 46.4. The summed E-state index contributed by atoms with van der Waals surface area (Å²) < 4.78 is 112. The first-order chi connectivity index (χ1) is 65.7. The lowest BCUT2D eigenvalue weighted by atomic mass is 9.99. The van der Waals surface area contributed by atoms with Crippen molar-refractivity contribution in [3.63, 3.8) is 0 Å². The molecule has 0 aliphatic carbocycles. The Hall–Kier alpha value is -12.4. The summed E-state index contributed by atoms with van der Waals surface area (Å²) in [5.41, 5.74) is 8.97. The molecule has 0 radical (unpaired) electrons. The highest BCUT2D eigenvalue weighted by atomic mass is 32.2. The number of aryl methyl sites for hydroxylation is 9. The van der Waals surface area contributed by atoms with Crippen molar-refractivity contribution < 1.29 is 62.3 Å². The predicted octanol–water partition coefficient (Wildman–Crippen LogP) is 29.1. The summed E-state index contributed by atoms with van der Waals surface area (Å²) in [7, 11) is -15.4. The molecule has 12 aromatic rings. The van der Waals surface area contributed by atoms with Gasteiger partial charge in [-0.2, -0.15) is 9.46 Å².